The van der Waals surface area contributed by atoms with E-state index in [0.717, 1.165) is 13.2 Å². The van der Waals surface area contributed by atoms with Gasteiger partial charge in [0.1, 0.15) is 0 Å². The van der Waals surface area contributed by atoms with Gasteiger partial charge in [0.25, 0.3) is 0 Å². The van der Waals surface area contributed by atoms with E-state index in [0.29, 0.717) is 6.10 Å². The molecule has 2 nitrogen and oxygen atoms in total. The Morgan fingerprint density at radius 3 is 2.21 bits per heavy atom. The summed E-state index contributed by atoms with van der Waals surface area (Å²) in [6, 6.07) is 0. The van der Waals surface area contributed by atoms with Gasteiger partial charge in [0, 0.05) is 0 Å². The molecule has 14 heavy (non-hydrogen) atoms. The lowest BCUT2D eigenvalue weighted by molar-refractivity contribution is -0.0575. The first-order valence-corrected chi connectivity index (χ1v) is 5.83. The molecule has 0 unspecified atom stereocenters. The molecule has 1 rings (SSSR count). The Bertz CT molecular complexity index is 143. The lowest BCUT2D eigenvalue weighted by Gasteiger charge is -2.24. The van der Waals surface area contributed by atoms with E-state index in [-0.39, 0.29) is 5.60 Å². The van der Waals surface area contributed by atoms with Gasteiger partial charge in [0.05, 0.1) is 24.9 Å². The molecule has 0 saturated heterocycles. The zero-order valence-electron chi connectivity index (χ0n) is 9.84. The Morgan fingerprint density at radius 2 is 1.64 bits per heavy atom. The molecule has 1 aliphatic rings. The summed E-state index contributed by atoms with van der Waals surface area (Å²) in [7, 11) is 0. The van der Waals surface area contributed by atoms with Gasteiger partial charge in [-0.05, 0) is 33.6 Å². The van der Waals surface area contributed by atoms with E-state index in [1.807, 2.05) is 0 Å². The van der Waals surface area contributed by atoms with Gasteiger partial charge in [-0.1, -0.05) is 19.3 Å². The van der Waals surface area contributed by atoms with Crippen LogP contribution in [0.2, 0.25) is 0 Å². The molecule has 0 bridgehead atoms. The highest BCUT2D eigenvalue weighted by Crippen LogP contribution is 2.20. The monoisotopic (exact) mass is 200 g/mol. The number of hydrogen-bond donors (Lipinski definition) is 0. The van der Waals surface area contributed by atoms with Crippen LogP contribution in [0.4, 0.5) is 0 Å². The van der Waals surface area contributed by atoms with Gasteiger partial charge in [-0.2, -0.15) is 0 Å². The van der Waals surface area contributed by atoms with Crippen LogP contribution in [0.25, 0.3) is 0 Å². The smallest absolute Gasteiger partial charge is 0.0707 e. The van der Waals surface area contributed by atoms with Crippen molar-refractivity contribution in [1.29, 1.82) is 0 Å². The molecule has 0 amide bonds. The van der Waals surface area contributed by atoms with Gasteiger partial charge in [0.15, 0.2) is 0 Å². The zero-order chi connectivity index (χ0) is 10.4. The van der Waals surface area contributed by atoms with E-state index >= 15 is 0 Å². The summed E-state index contributed by atoms with van der Waals surface area (Å²) in [5, 5.41) is 0. The molecule has 0 aromatic carbocycles. The summed E-state index contributed by atoms with van der Waals surface area (Å²) in [5.41, 5.74) is -0.0318. The fraction of sp³-hybridized carbons (Fsp3) is 1.00. The first kappa shape index (κ1) is 12.0. The molecule has 0 radical (unpaired) electrons. The molecule has 0 atom stereocenters. The van der Waals surface area contributed by atoms with Crippen LogP contribution in [0.15, 0.2) is 0 Å². The standard InChI is InChI=1S/C12H24O2/c1-12(2,3)14-10-9-13-11-7-5-4-6-8-11/h11H,4-10H2,1-3H3. The third kappa shape index (κ3) is 5.61. The second-order valence-corrected chi connectivity index (χ2v) is 5.09. The summed E-state index contributed by atoms with van der Waals surface area (Å²) < 4.78 is 11.3. The van der Waals surface area contributed by atoms with Crippen LogP contribution in [0.1, 0.15) is 52.9 Å². The molecule has 0 spiro atoms. The van der Waals surface area contributed by atoms with Gasteiger partial charge in [-0.3, -0.25) is 0 Å². The van der Waals surface area contributed by atoms with E-state index in [1.165, 1.54) is 32.1 Å². The Kier molecular flexibility index (Phi) is 4.90. The van der Waals surface area contributed by atoms with Crippen molar-refractivity contribution in [2.75, 3.05) is 13.2 Å². The second-order valence-electron chi connectivity index (χ2n) is 5.09. The molecule has 0 aromatic heterocycles. The topological polar surface area (TPSA) is 18.5 Å². The first-order chi connectivity index (χ1) is 6.58. The molecule has 1 fully saturated rings. The molecule has 84 valence electrons. The number of hydrogen-bond acceptors (Lipinski definition) is 2. The molecule has 0 N–H and O–H groups in total. The van der Waals surface area contributed by atoms with E-state index in [4.69, 9.17) is 9.47 Å². The van der Waals surface area contributed by atoms with Gasteiger partial charge in [0.2, 0.25) is 0 Å². The first-order valence-electron chi connectivity index (χ1n) is 5.83. The minimum Gasteiger partial charge on any atom is -0.376 e. The molecule has 2 heteroatoms. The van der Waals surface area contributed by atoms with Gasteiger partial charge in [-0.15, -0.1) is 0 Å². The predicted molar refractivity (Wildman–Crippen MR) is 58.5 cm³/mol. The summed E-state index contributed by atoms with van der Waals surface area (Å²) in [5.74, 6) is 0. The molecular formula is C12H24O2. The Hall–Kier alpha value is -0.0800. The van der Waals surface area contributed by atoms with E-state index < -0.39 is 0 Å². The van der Waals surface area contributed by atoms with Gasteiger partial charge >= 0.3 is 0 Å². The minimum atomic E-state index is -0.0318. The third-order valence-corrected chi connectivity index (χ3v) is 2.52. The lowest BCUT2D eigenvalue weighted by atomic mass is 9.98. The highest BCUT2D eigenvalue weighted by molar-refractivity contribution is 4.65. The van der Waals surface area contributed by atoms with E-state index in [1.54, 1.807) is 0 Å². The van der Waals surface area contributed by atoms with Crippen molar-refractivity contribution in [3.63, 3.8) is 0 Å². The molecule has 1 saturated carbocycles. The molecule has 1 aliphatic carbocycles. The van der Waals surface area contributed by atoms with Crippen LogP contribution in [-0.2, 0) is 9.47 Å². The largest absolute Gasteiger partial charge is 0.376 e. The predicted octanol–water partition coefficient (Wildman–Crippen LogP) is 3.15. The maximum absolute atomic E-state index is 5.75. The quantitative estimate of drug-likeness (QED) is 0.649. The Balaban J connectivity index is 1.97. The van der Waals surface area contributed by atoms with Crippen LogP contribution >= 0.6 is 0 Å². The lowest BCUT2D eigenvalue weighted by Crippen LogP contribution is -2.24. The van der Waals surface area contributed by atoms with Crippen molar-refractivity contribution in [2.24, 2.45) is 0 Å². The van der Waals surface area contributed by atoms with Crippen LogP contribution in [-0.4, -0.2) is 24.9 Å². The van der Waals surface area contributed by atoms with Crippen LogP contribution < -0.4 is 0 Å². The van der Waals surface area contributed by atoms with Crippen molar-refractivity contribution in [2.45, 2.75) is 64.6 Å². The van der Waals surface area contributed by atoms with Crippen LogP contribution in [0, 0.1) is 0 Å². The van der Waals surface area contributed by atoms with Gasteiger partial charge in [-0.25, -0.2) is 0 Å². The summed E-state index contributed by atoms with van der Waals surface area (Å²) >= 11 is 0. The normalized spacial score (nSPS) is 19.9. The van der Waals surface area contributed by atoms with Crippen molar-refractivity contribution in [1.82, 2.24) is 0 Å². The minimum absolute atomic E-state index is 0.0318. The molecular weight excluding hydrogens is 176 g/mol. The van der Waals surface area contributed by atoms with Crippen LogP contribution in [0.3, 0.4) is 0 Å². The van der Waals surface area contributed by atoms with E-state index in [2.05, 4.69) is 20.8 Å². The number of ether oxygens (including phenoxy) is 2. The SMILES string of the molecule is CC(C)(C)OCCOC1CCCCC1. The van der Waals surface area contributed by atoms with E-state index in [9.17, 15) is 0 Å². The summed E-state index contributed by atoms with van der Waals surface area (Å²) in [6.07, 6.45) is 7.06. The van der Waals surface area contributed by atoms with Crippen molar-refractivity contribution < 1.29 is 9.47 Å². The zero-order valence-corrected chi connectivity index (χ0v) is 9.84. The molecule has 0 heterocycles. The summed E-state index contributed by atoms with van der Waals surface area (Å²) in [6.45, 7) is 7.71. The Labute approximate surface area is 88.0 Å². The maximum Gasteiger partial charge on any atom is 0.0707 e. The molecule has 0 aliphatic heterocycles. The summed E-state index contributed by atoms with van der Waals surface area (Å²) in [4.78, 5) is 0. The molecule has 0 aromatic rings. The third-order valence-electron chi connectivity index (χ3n) is 2.52. The van der Waals surface area contributed by atoms with Crippen molar-refractivity contribution in [3.8, 4) is 0 Å². The number of rotatable bonds is 4. The second kappa shape index (κ2) is 5.72. The fourth-order valence-corrected chi connectivity index (χ4v) is 1.79. The van der Waals surface area contributed by atoms with Crippen molar-refractivity contribution in [3.05, 3.63) is 0 Å². The van der Waals surface area contributed by atoms with Gasteiger partial charge < -0.3 is 9.47 Å². The Morgan fingerprint density at radius 1 is 1.00 bits per heavy atom. The average Bonchev–Trinajstić information content (AvgIpc) is 2.13. The fourth-order valence-electron chi connectivity index (χ4n) is 1.79. The highest BCUT2D eigenvalue weighted by atomic mass is 16.5. The maximum atomic E-state index is 5.75. The van der Waals surface area contributed by atoms with Crippen LogP contribution in [0.5, 0.6) is 0 Å². The highest BCUT2D eigenvalue weighted by Gasteiger charge is 2.14. The average molecular weight is 200 g/mol. The van der Waals surface area contributed by atoms with Crippen molar-refractivity contribution >= 4 is 0 Å².